The highest BCUT2D eigenvalue weighted by molar-refractivity contribution is 5.69. The predicted octanol–water partition coefficient (Wildman–Crippen LogP) is 2.95. The van der Waals surface area contributed by atoms with Gasteiger partial charge in [-0.05, 0) is 11.0 Å². The average Bonchev–Trinajstić information content (AvgIpc) is 2.26. The van der Waals surface area contributed by atoms with Gasteiger partial charge in [-0.15, -0.1) is 0 Å². The number of allylic oxidation sites excluding steroid dienone is 1. The van der Waals surface area contributed by atoms with Crippen molar-refractivity contribution in [3.63, 3.8) is 0 Å². The summed E-state index contributed by atoms with van der Waals surface area (Å²) in [6, 6.07) is 8.87. The van der Waals surface area contributed by atoms with Gasteiger partial charge in [0.1, 0.15) is 5.60 Å². The van der Waals surface area contributed by atoms with E-state index in [4.69, 9.17) is 5.11 Å². The SMILES string of the molecule is CC(C)(C)/C=C/C(O)(CC(=O)O)c1ccccc1. The molecular weight excluding hydrogens is 228 g/mol. The lowest BCUT2D eigenvalue weighted by Gasteiger charge is -2.25. The zero-order valence-corrected chi connectivity index (χ0v) is 11.1. The maximum atomic E-state index is 10.9. The van der Waals surface area contributed by atoms with E-state index in [1.165, 1.54) is 0 Å². The molecule has 0 saturated carbocycles. The summed E-state index contributed by atoms with van der Waals surface area (Å²) in [5, 5.41) is 19.5. The molecule has 0 radical (unpaired) electrons. The lowest BCUT2D eigenvalue weighted by molar-refractivity contribution is -0.141. The van der Waals surface area contributed by atoms with Crippen LogP contribution < -0.4 is 0 Å². The first kappa shape index (κ1) is 14.5. The number of hydrogen-bond acceptors (Lipinski definition) is 2. The van der Waals surface area contributed by atoms with Gasteiger partial charge in [-0.1, -0.05) is 63.3 Å². The van der Waals surface area contributed by atoms with E-state index in [0.717, 1.165) is 0 Å². The fraction of sp³-hybridized carbons (Fsp3) is 0.400. The number of aliphatic carboxylic acids is 1. The first-order valence-corrected chi connectivity index (χ1v) is 5.93. The molecule has 1 unspecified atom stereocenters. The fourth-order valence-electron chi connectivity index (χ4n) is 1.60. The maximum Gasteiger partial charge on any atom is 0.306 e. The molecule has 0 aliphatic carbocycles. The predicted molar refractivity (Wildman–Crippen MR) is 71.2 cm³/mol. The molecule has 18 heavy (non-hydrogen) atoms. The summed E-state index contributed by atoms with van der Waals surface area (Å²) >= 11 is 0. The number of rotatable bonds is 4. The van der Waals surface area contributed by atoms with Gasteiger partial charge in [-0.25, -0.2) is 0 Å². The minimum absolute atomic E-state index is 0.110. The number of aliphatic hydroxyl groups is 1. The summed E-state index contributed by atoms with van der Waals surface area (Å²) in [7, 11) is 0. The Kier molecular flexibility index (Phi) is 4.30. The van der Waals surface area contributed by atoms with Gasteiger partial charge in [0.25, 0.3) is 0 Å². The van der Waals surface area contributed by atoms with Gasteiger partial charge in [0, 0.05) is 0 Å². The summed E-state index contributed by atoms with van der Waals surface area (Å²) in [5.74, 6) is -1.03. The molecule has 0 saturated heterocycles. The van der Waals surface area contributed by atoms with Crippen molar-refractivity contribution in [2.45, 2.75) is 32.8 Å². The largest absolute Gasteiger partial charge is 0.481 e. The van der Waals surface area contributed by atoms with Crippen LogP contribution in [-0.2, 0) is 10.4 Å². The lowest BCUT2D eigenvalue weighted by atomic mass is 9.86. The highest BCUT2D eigenvalue weighted by Crippen LogP contribution is 2.29. The second-order valence-electron chi connectivity index (χ2n) is 5.56. The smallest absolute Gasteiger partial charge is 0.306 e. The van der Waals surface area contributed by atoms with E-state index >= 15 is 0 Å². The molecular formula is C15H20O3. The second-order valence-corrected chi connectivity index (χ2v) is 5.56. The Morgan fingerprint density at radius 1 is 1.17 bits per heavy atom. The van der Waals surface area contributed by atoms with Crippen LogP contribution in [0.15, 0.2) is 42.5 Å². The molecule has 0 heterocycles. The molecule has 3 nitrogen and oxygen atoms in total. The third kappa shape index (κ3) is 4.34. The van der Waals surface area contributed by atoms with Crippen molar-refractivity contribution in [2.75, 3.05) is 0 Å². The van der Waals surface area contributed by atoms with Gasteiger partial charge in [0.2, 0.25) is 0 Å². The normalized spacial score (nSPS) is 15.6. The molecule has 1 rings (SSSR count). The van der Waals surface area contributed by atoms with Crippen molar-refractivity contribution in [2.24, 2.45) is 5.41 Å². The van der Waals surface area contributed by atoms with E-state index in [2.05, 4.69) is 0 Å². The summed E-state index contributed by atoms with van der Waals surface area (Å²) in [4.78, 5) is 10.9. The van der Waals surface area contributed by atoms with Gasteiger partial charge in [0.05, 0.1) is 6.42 Å². The highest BCUT2D eigenvalue weighted by Gasteiger charge is 2.29. The molecule has 0 amide bonds. The van der Waals surface area contributed by atoms with Gasteiger partial charge in [-0.3, -0.25) is 4.79 Å². The summed E-state index contributed by atoms with van der Waals surface area (Å²) < 4.78 is 0. The van der Waals surface area contributed by atoms with Crippen LogP contribution in [-0.4, -0.2) is 16.2 Å². The van der Waals surface area contributed by atoms with Crippen LogP contribution in [0, 0.1) is 5.41 Å². The molecule has 0 aromatic heterocycles. The fourth-order valence-corrected chi connectivity index (χ4v) is 1.60. The number of carbonyl (C=O) groups is 1. The van der Waals surface area contributed by atoms with Gasteiger partial charge >= 0.3 is 5.97 Å². The van der Waals surface area contributed by atoms with E-state index in [9.17, 15) is 9.90 Å². The average molecular weight is 248 g/mol. The number of carboxylic acid groups (broad SMARTS) is 1. The lowest BCUT2D eigenvalue weighted by Crippen LogP contribution is -2.27. The minimum atomic E-state index is -1.46. The molecule has 0 spiro atoms. The minimum Gasteiger partial charge on any atom is -0.481 e. The van der Waals surface area contributed by atoms with Crippen LogP contribution in [0.1, 0.15) is 32.8 Å². The van der Waals surface area contributed by atoms with Crippen molar-refractivity contribution in [1.82, 2.24) is 0 Å². The molecule has 0 bridgehead atoms. The Morgan fingerprint density at radius 3 is 2.17 bits per heavy atom. The van der Waals surface area contributed by atoms with Crippen molar-refractivity contribution >= 4 is 5.97 Å². The molecule has 1 aromatic carbocycles. The Labute approximate surface area is 108 Å². The van der Waals surface area contributed by atoms with E-state index in [-0.39, 0.29) is 11.8 Å². The van der Waals surface area contributed by atoms with E-state index in [1.54, 1.807) is 30.3 Å². The van der Waals surface area contributed by atoms with Crippen molar-refractivity contribution in [3.8, 4) is 0 Å². The highest BCUT2D eigenvalue weighted by atomic mass is 16.4. The van der Waals surface area contributed by atoms with Crippen LogP contribution in [0.2, 0.25) is 0 Å². The summed E-state index contributed by atoms with van der Waals surface area (Å²) in [5.41, 5.74) is -0.977. The number of benzene rings is 1. The van der Waals surface area contributed by atoms with Crippen molar-refractivity contribution < 1.29 is 15.0 Å². The third-order valence-electron chi connectivity index (χ3n) is 2.55. The number of carboxylic acids is 1. The van der Waals surface area contributed by atoms with E-state index < -0.39 is 11.6 Å². The van der Waals surface area contributed by atoms with Crippen LogP contribution >= 0.6 is 0 Å². The van der Waals surface area contributed by atoms with Crippen LogP contribution in [0.3, 0.4) is 0 Å². The molecule has 0 fully saturated rings. The molecule has 1 atom stereocenters. The monoisotopic (exact) mass is 248 g/mol. The van der Waals surface area contributed by atoms with Gasteiger partial charge < -0.3 is 10.2 Å². The molecule has 0 aliphatic heterocycles. The van der Waals surface area contributed by atoms with Gasteiger partial charge in [0.15, 0.2) is 0 Å². The van der Waals surface area contributed by atoms with Crippen molar-refractivity contribution in [3.05, 3.63) is 48.0 Å². The Morgan fingerprint density at radius 2 is 1.72 bits per heavy atom. The van der Waals surface area contributed by atoms with E-state index in [0.29, 0.717) is 5.56 Å². The van der Waals surface area contributed by atoms with Gasteiger partial charge in [-0.2, -0.15) is 0 Å². The Bertz CT molecular complexity index is 429. The standard InChI is InChI=1S/C15H20O3/c1-14(2,3)9-10-15(18,11-13(16)17)12-7-5-4-6-8-12/h4-10,18H,11H2,1-3H3,(H,16,17)/b10-9+. The van der Waals surface area contributed by atoms with Crippen LogP contribution in [0.4, 0.5) is 0 Å². The van der Waals surface area contributed by atoms with Crippen LogP contribution in [0.25, 0.3) is 0 Å². The Hall–Kier alpha value is -1.61. The molecule has 98 valence electrons. The molecule has 3 heteroatoms. The maximum absolute atomic E-state index is 10.9. The summed E-state index contributed by atoms with van der Waals surface area (Å²) in [6.07, 6.45) is 3.07. The second kappa shape index (κ2) is 5.36. The first-order valence-electron chi connectivity index (χ1n) is 5.93. The first-order chi connectivity index (χ1) is 8.23. The molecule has 2 N–H and O–H groups in total. The van der Waals surface area contributed by atoms with Crippen molar-refractivity contribution in [1.29, 1.82) is 0 Å². The molecule has 1 aromatic rings. The Balaban J connectivity index is 3.11. The third-order valence-corrected chi connectivity index (χ3v) is 2.55. The zero-order valence-electron chi connectivity index (χ0n) is 11.1. The summed E-state index contributed by atoms with van der Waals surface area (Å²) in [6.45, 7) is 5.99. The quantitative estimate of drug-likeness (QED) is 0.805. The van der Waals surface area contributed by atoms with Crippen LogP contribution in [0.5, 0.6) is 0 Å². The van der Waals surface area contributed by atoms with E-state index in [1.807, 2.05) is 32.9 Å². The molecule has 0 aliphatic rings. The number of hydrogen-bond donors (Lipinski definition) is 2. The zero-order chi connectivity index (χ0) is 13.8. The topological polar surface area (TPSA) is 57.5 Å².